The van der Waals surface area contributed by atoms with Gasteiger partial charge in [0.25, 0.3) is 0 Å². The van der Waals surface area contributed by atoms with E-state index in [4.69, 9.17) is 4.52 Å². The van der Waals surface area contributed by atoms with Crippen molar-refractivity contribution in [1.29, 1.82) is 0 Å². The zero-order chi connectivity index (χ0) is 21.0. The van der Waals surface area contributed by atoms with Crippen LogP contribution in [0.4, 0.5) is 0 Å². The van der Waals surface area contributed by atoms with E-state index in [2.05, 4.69) is 15.5 Å². The van der Waals surface area contributed by atoms with Gasteiger partial charge >= 0.3 is 0 Å². The van der Waals surface area contributed by atoms with E-state index in [1.807, 2.05) is 19.1 Å². The van der Waals surface area contributed by atoms with Gasteiger partial charge in [0.2, 0.25) is 15.9 Å². The summed E-state index contributed by atoms with van der Waals surface area (Å²) in [4.78, 5) is 16.6. The third-order valence-corrected chi connectivity index (χ3v) is 7.71. The lowest BCUT2D eigenvalue weighted by Crippen LogP contribution is -2.45. The maximum atomic E-state index is 13.1. The summed E-state index contributed by atoms with van der Waals surface area (Å²) in [5, 5.41) is 6.72. The molecule has 2 aromatic heterocycles. The number of rotatable bonds is 7. The van der Waals surface area contributed by atoms with Crippen LogP contribution >= 0.6 is 0 Å². The largest absolute Gasteiger partial charge is 0.360 e. The molecule has 9 heteroatoms. The highest BCUT2D eigenvalue weighted by molar-refractivity contribution is 7.89. The van der Waals surface area contributed by atoms with Gasteiger partial charge in [-0.25, -0.2) is 8.42 Å². The van der Waals surface area contributed by atoms with Crippen LogP contribution < -0.4 is 5.32 Å². The van der Waals surface area contributed by atoms with Crippen LogP contribution in [0.3, 0.4) is 0 Å². The molecule has 29 heavy (non-hydrogen) atoms. The Morgan fingerprint density at radius 1 is 1.34 bits per heavy atom. The van der Waals surface area contributed by atoms with Crippen molar-refractivity contribution in [2.75, 3.05) is 13.1 Å². The highest BCUT2D eigenvalue weighted by Gasteiger charge is 2.38. The minimum absolute atomic E-state index is 0.0145. The minimum atomic E-state index is -3.65. The summed E-state index contributed by atoms with van der Waals surface area (Å²) in [5.41, 5.74) is 1.33. The minimum Gasteiger partial charge on any atom is -0.360 e. The quantitative estimate of drug-likeness (QED) is 0.737. The lowest BCUT2D eigenvalue weighted by Gasteiger charge is -2.37. The summed E-state index contributed by atoms with van der Waals surface area (Å²) in [7, 11) is -3.65. The van der Waals surface area contributed by atoms with Gasteiger partial charge in [0.1, 0.15) is 10.6 Å². The molecule has 0 bridgehead atoms. The predicted molar refractivity (Wildman–Crippen MR) is 107 cm³/mol. The van der Waals surface area contributed by atoms with Crippen LogP contribution in [0.5, 0.6) is 0 Å². The van der Waals surface area contributed by atoms with E-state index in [1.165, 1.54) is 4.31 Å². The SMILES string of the molecule is CC[C@H]1CN(S(=O)(=O)c2c(C)noc2C)CC[C@H]1CC(=O)NCc1cccnc1. The van der Waals surface area contributed by atoms with Crippen LogP contribution in [-0.4, -0.2) is 41.9 Å². The van der Waals surface area contributed by atoms with Crippen molar-refractivity contribution in [3.8, 4) is 0 Å². The Morgan fingerprint density at radius 2 is 2.14 bits per heavy atom. The predicted octanol–water partition coefficient (Wildman–Crippen LogP) is 2.43. The molecule has 0 saturated carbocycles. The first kappa shape index (κ1) is 21.4. The molecule has 1 saturated heterocycles. The van der Waals surface area contributed by atoms with Gasteiger partial charge in [-0.15, -0.1) is 0 Å². The number of nitrogens with one attached hydrogen (secondary N) is 1. The van der Waals surface area contributed by atoms with E-state index >= 15 is 0 Å². The molecule has 1 aliphatic rings. The summed E-state index contributed by atoms with van der Waals surface area (Å²) in [6.07, 6.45) is 5.29. The van der Waals surface area contributed by atoms with E-state index in [0.717, 1.165) is 12.0 Å². The van der Waals surface area contributed by atoms with Gasteiger partial charge in [-0.05, 0) is 43.7 Å². The van der Waals surface area contributed by atoms with Crippen LogP contribution in [0.25, 0.3) is 0 Å². The van der Waals surface area contributed by atoms with E-state index in [9.17, 15) is 13.2 Å². The van der Waals surface area contributed by atoms with Crippen LogP contribution in [0.15, 0.2) is 33.9 Å². The second kappa shape index (κ2) is 9.04. The smallest absolute Gasteiger partial charge is 0.248 e. The molecule has 3 rings (SSSR count). The van der Waals surface area contributed by atoms with Gasteiger partial charge in [0, 0.05) is 38.4 Å². The van der Waals surface area contributed by atoms with Crippen molar-refractivity contribution in [3.63, 3.8) is 0 Å². The van der Waals surface area contributed by atoms with Gasteiger partial charge in [-0.3, -0.25) is 9.78 Å². The number of carbonyl (C=O) groups excluding carboxylic acids is 1. The number of aromatic nitrogens is 2. The number of sulfonamides is 1. The highest BCUT2D eigenvalue weighted by Crippen LogP contribution is 2.33. The molecular formula is C20H28N4O4S. The Kier molecular flexibility index (Phi) is 6.69. The van der Waals surface area contributed by atoms with Crippen LogP contribution in [0, 0.1) is 25.7 Å². The van der Waals surface area contributed by atoms with Crippen LogP contribution in [0.2, 0.25) is 0 Å². The first-order valence-corrected chi connectivity index (χ1v) is 11.4. The zero-order valence-electron chi connectivity index (χ0n) is 17.1. The van der Waals surface area contributed by atoms with Crippen molar-refractivity contribution >= 4 is 15.9 Å². The molecule has 1 aliphatic heterocycles. The molecule has 0 radical (unpaired) electrons. The molecule has 1 fully saturated rings. The van der Waals surface area contributed by atoms with Gasteiger partial charge in [0.05, 0.1) is 0 Å². The van der Waals surface area contributed by atoms with E-state index < -0.39 is 10.0 Å². The Morgan fingerprint density at radius 3 is 2.76 bits per heavy atom. The average molecular weight is 421 g/mol. The average Bonchev–Trinajstić information content (AvgIpc) is 3.06. The molecule has 0 unspecified atom stereocenters. The molecule has 3 heterocycles. The highest BCUT2D eigenvalue weighted by atomic mass is 32.2. The maximum absolute atomic E-state index is 13.1. The fourth-order valence-electron chi connectivity index (χ4n) is 3.98. The molecule has 2 atom stereocenters. The lowest BCUT2D eigenvalue weighted by molar-refractivity contribution is -0.122. The number of pyridine rings is 1. The van der Waals surface area contributed by atoms with Gasteiger partial charge < -0.3 is 9.84 Å². The fraction of sp³-hybridized carbons (Fsp3) is 0.550. The number of amides is 1. The summed E-state index contributed by atoms with van der Waals surface area (Å²) < 4.78 is 32.7. The van der Waals surface area contributed by atoms with Crippen molar-refractivity contribution in [1.82, 2.24) is 19.8 Å². The van der Waals surface area contributed by atoms with Crippen molar-refractivity contribution in [2.45, 2.75) is 51.5 Å². The van der Waals surface area contributed by atoms with Gasteiger partial charge in [-0.2, -0.15) is 4.31 Å². The first-order valence-electron chi connectivity index (χ1n) is 9.91. The maximum Gasteiger partial charge on any atom is 0.248 e. The molecule has 1 amide bonds. The number of hydrogen-bond donors (Lipinski definition) is 1. The standard InChI is InChI=1S/C20H28N4O4S/c1-4-17-13-24(29(26,27)20-14(2)23-28-15(20)3)9-7-18(17)10-19(25)22-12-16-6-5-8-21-11-16/h5-6,8,11,17-18H,4,7,9-10,12-13H2,1-3H3,(H,22,25)/t17-,18-/m0/s1. The second-order valence-corrected chi connectivity index (χ2v) is 9.45. The van der Waals surface area contributed by atoms with E-state index in [1.54, 1.807) is 26.2 Å². The normalized spacial score (nSPS) is 20.5. The fourth-order valence-corrected chi connectivity index (χ4v) is 5.79. The Labute approximate surface area is 171 Å². The molecule has 2 aromatic rings. The molecule has 0 spiro atoms. The number of nitrogens with zero attached hydrogens (tertiary/aromatic N) is 3. The Hall–Kier alpha value is -2.26. The summed E-state index contributed by atoms with van der Waals surface area (Å²) in [6.45, 7) is 6.54. The molecule has 1 N–H and O–H groups in total. The number of hydrogen-bond acceptors (Lipinski definition) is 6. The van der Waals surface area contributed by atoms with Gasteiger partial charge in [-0.1, -0.05) is 24.6 Å². The summed E-state index contributed by atoms with van der Waals surface area (Å²) in [5.74, 6) is 0.583. The van der Waals surface area contributed by atoms with Crippen molar-refractivity contribution in [3.05, 3.63) is 41.5 Å². The van der Waals surface area contributed by atoms with E-state index in [-0.39, 0.29) is 22.6 Å². The van der Waals surface area contributed by atoms with Crippen molar-refractivity contribution in [2.24, 2.45) is 11.8 Å². The zero-order valence-corrected chi connectivity index (χ0v) is 17.9. The number of piperidine rings is 1. The first-order chi connectivity index (χ1) is 13.8. The molecule has 0 aliphatic carbocycles. The van der Waals surface area contributed by atoms with Crippen LogP contribution in [-0.2, 0) is 21.4 Å². The van der Waals surface area contributed by atoms with Crippen LogP contribution in [0.1, 0.15) is 43.2 Å². The topological polar surface area (TPSA) is 105 Å². The Balaban J connectivity index is 1.61. The van der Waals surface area contributed by atoms with Gasteiger partial charge in [0.15, 0.2) is 5.76 Å². The summed E-state index contributed by atoms with van der Waals surface area (Å²) in [6, 6.07) is 3.75. The third kappa shape index (κ3) is 4.84. The Bertz CT molecular complexity index is 923. The number of carbonyl (C=O) groups is 1. The van der Waals surface area contributed by atoms with Crippen molar-refractivity contribution < 1.29 is 17.7 Å². The monoisotopic (exact) mass is 420 g/mol. The van der Waals surface area contributed by atoms with E-state index in [0.29, 0.717) is 43.9 Å². The molecule has 0 aromatic carbocycles. The third-order valence-electron chi connectivity index (χ3n) is 5.60. The molecule has 8 nitrogen and oxygen atoms in total. The number of aryl methyl sites for hydroxylation is 2. The lowest BCUT2D eigenvalue weighted by atomic mass is 9.82. The molecule has 158 valence electrons. The summed E-state index contributed by atoms with van der Waals surface area (Å²) >= 11 is 0. The molecular weight excluding hydrogens is 392 g/mol. The second-order valence-electron chi connectivity index (χ2n) is 7.58.